The van der Waals surface area contributed by atoms with Crippen molar-refractivity contribution in [3.63, 3.8) is 0 Å². The molecule has 0 radical (unpaired) electrons. The number of benzene rings is 2. The zero-order valence-electron chi connectivity index (χ0n) is 21.0. The Morgan fingerprint density at radius 2 is 1.59 bits per heavy atom. The number of aromatic nitrogens is 3. The second-order valence-corrected chi connectivity index (χ2v) is 8.30. The fourth-order valence-electron chi connectivity index (χ4n) is 3.43. The van der Waals surface area contributed by atoms with Gasteiger partial charge in [0.15, 0.2) is 0 Å². The Bertz CT molecular complexity index is 1710. The van der Waals surface area contributed by atoms with Crippen LogP contribution in [0.5, 0.6) is 11.5 Å². The van der Waals surface area contributed by atoms with Gasteiger partial charge in [0.25, 0.3) is 5.69 Å². The largest absolute Gasteiger partial charge is 0.468 e. The van der Waals surface area contributed by atoms with E-state index in [0.29, 0.717) is 12.1 Å². The Labute approximate surface area is 230 Å². The van der Waals surface area contributed by atoms with E-state index < -0.39 is 75.2 Å². The van der Waals surface area contributed by atoms with Crippen molar-refractivity contribution in [1.82, 2.24) is 13.7 Å². The molecule has 0 unspecified atom stereocenters. The van der Waals surface area contributed by atoms with E-state index in [4.69, 9.17) is 21.1 Å². The van der Waals surface area contributed by atoms with Gasteiger partial charge in [-0.25, -0.2) is 28.1 Å². The van der Waals surface area contributed by atoms with Crippen LogP contribution in [0, 0.1) is 10.1 Å². The fraction of sp³-hybridized carbons (Fsp3) is 0.261. The van der Waals surface area contributed by atoms with E-state index in [1.807, 2.05) is 0 Å². The van der Waals surface area contributed by atoms with Gasteiger partial charge in [-0.2, -0.15) is 13.2 Å². The summed E-state index contributed by atoms with van der Waals surface area (Å²) in [5, 5.41) is 11.3. The van der Waals surface area contributed by atoms with Crippen LogP contribution in [0.4, 0.5) is 18.9 Å². The average Bonchev–Trinajstić information content (AvgIpc) is 2.89. The number of hydrogen-bond acceptors (Lipinski definition) is 10. The molecule has 41 heavy (non-hydrogen) atoms. The number of ether oxygens (including phenoxy) is 3. The van der Waals surface area contributed by atoms with Gasteiger partial charge >= 0.3 is 35.2 Å². The highest BCUT2D eigenvalue weighted by Crippen LogP contribution is 2.37. The summed E-state index contributed by atoms with van der Waals surface area (Å²) in [4.78, 5) is 74.2. The van der Waals surface area contributed by atoms with Crippen LogP contribution < -0.4 is 21.8 Å². The lowest BCUT2D eigenvalue weighted by Gasteiger charge is -2.15. The van der Waals surface area contributed by atoms with Crippen molar-refractivity contribution in [2.75, 3.05) is 13.7 Å². The number of hydrogen-bond donors (Lipinski definition) is 0. The summed E-state index contributed by atoms with van der Waals surface area (Å²) >= 11 is 5.90. The zero-order chi connectivity index (χ0) is 30.6. The maximum absolute atomic E-state index is 13.3. The lowest BCUT2D eigenvalue weighted by molar-refractivity contribution is -0.384. The minimum absolute atomic E-state index is 0.138. The quantitative estimate of drug-likeness (QED) is 0.201. The Morgan fingerprint density at radius 3 is 2.10 bits per heavy atom. The molecule has 3 rings (SSSR count). The lowest BCUT2D eigenvalue weighted by Crippen LogP contribution is -2.55. The molecule has 0 saturated carbocycles. The predicted molar refractivity (Wildman–Crippen MR) is 132 cm³/mol. The van der Waals surface area contributed by atoms with Crippen LogP contribution in [0.2, 0.25) is 5.02 Å². The molecule has 0 aliphatic rings. The number of nitrogens with zero attached hydrogens (tertiary/aromatic N) is 4. The van der Waals surface area contributed by atoms with E-state index in [0.717, 1.165) is 31.4 Å². The van der Waals surface area contributed by atoms with Gasteiger partial charge in [-0.3, -0.25) is 19.7 Å². The van der Waals surface area contributed by atoms with Gasteiger partial charge in [-0.05, 0) is 31.2 Å². The second-order valence-electron chi connectivity index (χ2n) is 7.89. The van der Waals surface area contributed by atoms with Gasteiger partial charge in [-0.1, -0.05) is 11.6 Å². The number of nitro benzene ring substituents is 1. The highest BCUT2D eigenvalue weighted by molar-refractivity contribution is 6.32. The van der Waals surface area contributed by atoms with Gasteiger partial charge in [0.2, 0.25) is 0 Å². The number of carbonyl (C=O) groups excluding carboxylic acids is 2. The number of halogens is 4. The normalized spacial score (nSPS) is 11.2. The summed E-state index contributed by atoms with van der Waals surface area (Å²) < 4.78 is 54.1. The number of carbonyl (C=O) groups is 2. The summed E-state index contributed by atoms with van der Waals surface area (Å²) in [6.07, 6.45) is -4.71. The topological polar surface area (TPSA) is 171 Å². The molecule has 0 N–H and O–H groups in total. The van der Waals surface area contributed by atoms with E-state index in [2.05, 4.69) is 4.74 Å². The first-order chi connectivity index (χ1) is 19.2. The fourth-order valence-corrected chi connectivity index (χ4v) is 3.64. The molecule has 0 fully saturated rings. The summed E-state index contributed by atoms with van der Waals surface area (Å²) in [6, 6.07) is 4.72. The number of alkyl halides is 3. The third-order valence-corrected chi connectivity index (χ3v) is 5.58. The molecule has 18 heteroatoms. The van der Waals surface area contributed by atoms with Gasteiger partial charge in [0.05, 0.1) is 29.2 Å². The molecule has 1 aromatic heterocycles. The molecule has 14 nitrogen and oxygen atoms in total. The molecule has 0 amide bonds. The van der Waals surface area contributed by atoms with E-state index in [-0.39, 0.29) is 31.8 Å². The minimum atomic E-state index is -4.71. The predicted octanol–water partition coefficient (Wildman–Crippen LogP) is 2.27. The van der Waals surface area contributed by atoms with E-state index in [9.17, 15) is 47.3 Å². The Kier molecular flexibility index (Phi) is 9.01. The van der Waals surface area contributed by atoms with Gasteiger partial charge in [0.1, 0.15) is 30.3 Å². The Morgan fingerprint density at radius 1 is 0.976 bits per heavy atom. The molecule has 0 aliphatic heterocycles. The van der Waals surface area contributed by atoms with Crippen molar-refractivity contribution >= 4 is 29.2 Å². The van der Waals surface area contributed by atoms with Crippen LogP contribution in [-0.2, 0) is 38.3 Å². The summed E-state index contributed by atoms with van der Waals surface area (Å²) in [5.41, 5.74) is -7.16. The molecule has 0 aliphatic carbocycles. The van der Waals surface area contributed by atoms with Crippen LogP contribution >= 0.6 is 11.6 Å². The zero-order valence-corrected chi connectivity index (χ0v) is 21.7. The minimum Gasteiger partial charge on any atom is -0.468 e. The van der Waals surface area contributed by atoms with Crippen molar-refractivity contribution in [3.05, 3.63) is 88.6 Å². The Hall–Kier alpha value is -4.93. The monoisotopic (exact) mass is 602 g/mol. The molecule has 218 valence electrons. The highest BCUT2D eigenvalue weighted by atomic mass is 35.5. The number of esters is 2. The number of methoxy groups -OCH3 is 1. The van der Waals surface area contributed by atoms with Crippen LogP contribution in [0.25, 0.3) is 5.69 Å². The summed E-state index contributed by atoms with van der Waals surface area (Å²) in [7, 11) is 0.943. The first-order valence-electron chi connectivity index (χ1n) is 11.2. The van der Waals surface area contributed by atoms with Gasteiger partial charge in [0, 0.05) is 12.1 Å². The molecule has 1 heterocycles. The van der Waals surface area contributed by atoms with E-state index in [1.165, 1.54) is 6.92 Å². The smallest absolute Gasteiger partial charge is 0.416 e. The highest BCUT2D eigenvalue weighted by Gasteiger charge is 2.31. The third kappa shape index (κ3) is 6.63. The van der Waals surface area contributed by atoms with Gasteiger partial charge in [-0.15, -0.1) is 0 Å². The summed E-state index contributed by atoms with van der Waals surface area (Å²) in [6.45, 7) is -0.767. The van der Waals surface area contributed by atoms with Crippen molar-refractivity contribution < 1.29 is 41.9 Å². The van der Waals surface area contributed by atoms with Crippen LogP contribution in [0.15, 0.2) is 50.8 Å². The first kappa shape index (κ1) is 30.6. The first-order valence-corrected chi connectivity index (χ1v) is 11.6. The van der Waals surface area contributed by atoms with Crippen LogP contribution in [0.3, 0.4) is 0 Å². The molecule has 0 bridgehead atoms. The van der Waals surface area contributed by atoms with Crippen LogP contribution in [-0.4, -0.2) is 44.3 Å². The SMILES string of the molecule is CCOC(=O)Cn1c(=O)n(CC(=O)OC)c(=O)n(-c2cc(Oc3ccc(C(F)(F)F)cc3Cl)ccc2[N+](=O)[O-])c1=O. The standard InChI is InChI=1S/C23H18ClF3N4O10/c1-3-40-19(33)11-29-20(34)28(10-18(32)39-2)21(35)30(22(29)36)16-9-13(5-6-15(16)31(37)38)41-17-7-4-12(8-14(17)24)23(25,26)27/h4-9H,3,10-11H2,1-2H3. The summed E-state index contributed by atoms with van der Waals surface area (Å²) in [5.74, 6) is -2.84. The van der Waals surface area contributed by atoms with E-state index in [1.54, 1.807) is 0 Å². The second kappa shape index (κ2) is 12.1. The average molecular weight is 603 g/mol. The molecular weight excluding hydrogens is 585 g/mol. The number of nitro groups is 1. The molecular formula is C23H18ClF3N4O10. The third-order valence-electron chi connectivity index (χ3n) is 5.29. The van der Waals surface area contributed by atoms with Crippen LogP contribution in [0.1, 0.15) is 12.5 Å². The molecule has 0 spiro atoms. The van der Waals surface area contributed by atoms with E-state index >= 15 is 0 Å². The number of rotatable bonds is 9. The van der Waals surface area contributed by atoms with Crippen molar-refractivity contribution in [2.24, 2.45) is 0 Å². The van der Waals surface area contributed by atoms with Crippen molar-refractivity contribution in [2.45, 2.75) is 26.2 Å². The molecule has 0 saturated heterocycles. The van der Waals surface area contributed by atoms with Crippen molar-refractivity contribution in [1.29, 1.82) is 0 Å². The Balaban J connectivity index is 2.28. The van der Waals surface area contributed by atoms with Gasteiger partial charge < -0.3 is 14.2 Å². The molecule has 3 aromatic rings. The maximum Gasteiger partial charge on any atom is 0.416 e. The molecule has 2 aromatic carbocycles. The maximum atomic E-state index is 13.3. The lowest BCUT2D eigenvalue weighted by atomic mass is 10.2. The molecule has 0 atom stereocenters. The van der Waals surface area contributed by atoms with Crippen molar-refractivity contribution in [3.8, 4) is 17.2 Å².